The zero-order valence-electron chi connectivity index (χ0n) is 14.6. The summed E-state index contributed by atoms with van der Waals surface area (Å²) in [4.78, 5) is 28.5. The Morgan fingerprint density at radius 2 is 1.91 bits per heavy atom. The monoisotopic (exact) mass is 324 g/mol. The summed E-state index contributed by atoms with van der Waals surface area (Å²) in [5.41, 5.74) is 0. The van der Waals surface area contributed by atoms with E-state index in [1.165, 1.54) is 0 Å². The Bertz CT molecular complexity index is 392. The summed E-state index contributed by atoms with van der Waals surface area (Å²) in [6.45, 7) is 9.96. The van der Waals surface area contributed by atoms with Crippen LogP contribution >= 0.6 is 0 Å². The standard InChI is InChI=1S/C17H32N4O2/c1-14(2)12-19-17(23)21-8-3-5-15(13-21)11-16(22)20-9-4-6-18-7-10-20/h14-15,18H,3-13H2,1-2H3,(H,19,23). The summed E-state index contributed by atoms with van der Waals surface area (Å²) in [6.07, 6.45) is 3.65. The van der Waals surface area contributed by atoms with Crippen molar-refractivity contribution in [3.05, 3.63) is 0 Å². The average molecular weight is 324 g/mol. The van der Waals surface area contributed by atoms with Crippen LogP contribution in [0.2, 0.25) is 0 Å². The minimum Gasteiger partial charge on any atom is -0.341 e. The molecule has 2 aliphatic rings. The fraction of sp³-hybridized carbons (Fsp3) is 0.882. The third kappa shape index (κ3) is 6.01. The zero-order valence-corrected chi connectivity index (χ0v) is 14.6. The highest BCUT2D eigenvalue weighted by Gasteiger charge is 2.27. The van der Waals surface area contributed by atoms with Gasteiger partial charge in [-0.3, -0.25) is 4.79 Å². The lowest BCUT2D eigenvalue weighted by atomic mass is 9.94. The van der Waals surface area contributed by atoms with Crippen molar-refractivity contribution < 1.29 is 9.59 Å². The number of rotatable bonds is 4. The van der Waals surface area contributed by atoms with Crippen LogP contribution in [0.5, 0.6) is 0 Å². The maximum absolute atomic E-state index is 12.5. The first-order valence-electron chi connectivity index (χ1n) is 9.07. The van der Waals surface area contributed by atoms with Crippen molar-refractivity contribution in [3.8, 4) is 0 Å². The molecule has 2 heterocycles. The molecule has 0 saturated carbocycles. The average Bonchev–Trinajstić information content (AvgIpc) is 2.82. The molecule has 0 spiro atoms. The predicted octanol–water partition coefficient (Wildman–Crippen LogP) is 1.28. The summed E-state index contributed by atoms with van der Waals surface area (Å²) < 4.78 is 0. The number of hydrogen-bond donors (Lipinski definition) is 2. The van der Waals surface area contributed by atoms with Crippen LogP contribution in [0.3, 0.4) is 0 Å². The summed E-state index contributed by atoms with van der Waals surface area (Å²) in [6, 6.07) is 0.0230. The second-order valence-electron chi connectivity index (χ2n) is 7.22. The van der Waals surface area contributed by atoms with Crippen molar-refractivity contribution in [2.45, 2.75) is 39.5 Å². The molecular weight excluding hydrogens is 292 g/mol. The maximum Gasteiger partial charge on any atom is 0.317 e. The number of nitrogens with zero attached hydrogens (tertiary/aromatic N) is 2. The van der Waals surface area contributed by atoms with Crippen LogP contribution in [0, 0.1) is 11.8 Å². The van der Waals surface area contributed by atoms with Crippen LogP contribution in [0.4, 0.5) is 4.79 Å². The van der Waals surface area contributed by atoms with Crippen LogP contribution in [0.25, 0.3) is 0 Å². The van der Waals surface area contributed by atoms with Gasteiger partial charge in [-0.2, -0.15) is 0 Å². The van der Waals surface area contributed by atoms with Gasteiger partial charge < -0.3 is 20.4 Å². The van der Waals surface area contributed by atoms with E-state index >= 15 is 0 Å². The van der Waals surface area contributed by atoms with Gasteiger partial charge in [0.05, 0.1) is 0 Å². The van der Waals surface area contributed by atoms with Crippen molar-refractivity contribution in [1.82, 2.24) is 20.4 Å². The Kier molecular flexibility index (Phi) is 7.15. The van der Waals surface area contributed by atoms with Gasteiger partial charge in [-0.25, -0.2) is 4.79 Å². The summed E-state index contributed by atoms with van der Waals surface area (Å²) >= 11 is 0. The number of carbonyl (C=O) groups excluding carboxylic acids is 2. The lowest BCUT2D eigenvalue weighted by Gasteiger charge is -2.33. The molecular formula is C17H32N4O2. The van der Waals surface area contributed by atoms with E-state index in [-0.39, 0.29) is 11.9 Å². The van der Waals surface area contributed by atoms with E-state index in [1.54, 1.807) is 0 Å². The molecule has 6 nitrogen and oxygen atoms in total. The molecule has 2 fully saturated rings. The van der Waals surface area contributed by atoms with Gasteiger partial charge in [-0.05, 0) is 37.6 Å². The van der Waals surface area contributed by atoms with Gasteiger partial charge in [0.15, 0.2) is 0 Å². The fourth-order valence-electron chi connectivity index (χ4n) is 3.29. The SMILES string of the molecule is CC(C)CNC(=O)N1CCCC(CC(=O)N2CCCNCC2)C1. The quantitative estimate of drug-likeness (QED) is 0.819. The molecule has 2 saturated heterocycles. The highest BCUT2D eigenvalue weighted by atomic mass is 16.2. The van der Waals surface area contributed by atoms with Crippen LogP contribution in [-0.4, -0.2) is 67.6 Å². The first-order valence-corrected chi connectivity index (χ1v) is 9.07. The molecule has 132 valence electrons. The number of carbonyl (C=O) groups is 2. The predicted molar refractivity (Wildman–Crippen MR) is 91.2 cm³/mol. The lowest BCUT2D eigenvalue weighted by Crippen LogP contribution is -2.47. The van der Waals surface area contributed by atoms with Crippen molar-refractivity contribution in [2.24, 2.45) is 11.8 Å². The molecule has 0 aliphatic carbocycles. The number of piperidine rings is 1. The molecule has 3 amide bonds. The third-order valence-electron chi connectivity index (χ3n) is 4.62. The molecule has 0 radical (unpaired) electrons. The van der Waals surface area contributed by atoms with E-state index in [0.717, 1.165) is 52.0 Å². The minimum atomic E-state index is 0.0230. The smallest absolute Gasteiger partial charge is 0.317 e. The maximum atomic E-state index is 12.5. The van der Waals surface area contributed by atoms with Gasteiger partial charge in [0.25, 0.3) is 0 Å². The van der Waals surface area contributed by atoms with E-state index in [9.17, 15) is 9.59 Å². The first-order chi connectivity index (χ1) is 11.1. The Hall–Kier alpha value is -1.30. The van der Waals surface area contributed by atoms with Gasteiger partial charge in [0.1, 0.15) is 0 Å². The van der Waals surface area contributed by atoms with Gasteiger partial charge in [-0.15, -0.1) is 0 Å². The number of urea groups is 1. The lowest BCUT2D eigenvalue weighted by molar-refractivity contribution is -0.132. The molecule has 2 aliphatic heterocycles. The van der Waals surface area contributed by atoms with E-state index in [2.05, 4.69) is 24.5 Å². The molecule has 0 bridgehead atoms. The number of likely N-dealkylation sites (tertiary alicyclic amines) is 1. The number of amides is 3. The number of hydrogen-bond acceptors (Lipinski definition) is 3. The molecule has 0 aromatic heterocycles. The fourth-order valence-corrected chi connectivity index (χ4v) is 3.29. The third-order valence-corrected chi connectivity index (χ3v) is 4.62. The topological polar surface area (TPSA) is 64.7 Å². The van der Waals surface area contributed by atoms with Gasteiger partial charge in [0.2, 0.25) is 5.91 Å². The first kappa shape index (κ1) is 18.0. The Balaban J connectivity index is 1.78. The highest BCUT2D eigenvalue weighted by Crippen LogP contribution is 2.21. The summed E-state index contributed by atoms with van der Waals surface area (Å²) in [5, 5.41) is 6.31. The van der Waals surface area contributed by atoms with Gasteiger partial charge in [-0.1, -0.05) is 13.8 Å². The minimum absolute atomic E-state index is 0.0230. The summed E-state index contributed by atoms with van der Waals surface area (Å²) in [5.74, 6) is 1.01. The second kappa shape index (κ2) is 9.11. The van der Waals surface area contributed by atoms with Crippen molar-refractivity contribution in [2.75, 3.05) is 45.8 Å². The van der Waals surface area contributed by atoms with Crippen molar-refractivity contribution in [3.63, 3.8) is 0 Å². The van der Waals surface area contributed by atoms with E-state index in [0.29, 0.717) is 31.3 Å². The molecule has 2 rings (SSSR count). The van der Waals surface area contributed by atoms with Crippen LogP contribution in [0.15, 0.2) is 0 Å². The van der Waals surface area contributed by atoms with Crippen molar-refractivity contribution >= 4 is 11.9 Å². The van der Waals surface area contributed by atoms with E-state index < -0.39 is 0 Å². The molecule has 0 aromatic carbocycles. The highest BCUT2D eigenvalue weighted by molar-refractivity contribution is 5.77. The Morgan fingerprint density at radius 1 is 1.13 bits per heavy atom. The number of nitrogens with one attached hydrogen (secondary N) is 2. The molecule has 6 heteroatoms. The van der Waals surface area contributed by atoms with Crippen LogP contribution in [-0.2, 0) is 4.79 Å². The largest absolute Gasteiger partial charge is 0.341 e. The van der Waals surface area contributed by atoms with E-state index in [4.69, 9.17) is 0 Å². The zero-order chi connectivity index (χ0) is 16.7. The second-order valence-corrected chi connectivity index (χ2v) is 7.22. The van der Waals surface area contributed by atoms with Gasteiger partial charge in [0, 0.05) is 45.7 Å². The normalized spacial score (nSPS) is 22.8. The molecule has 2 N–H and O–H groups in total. The molecule has 23 heavy (non-hydrogen) atoms. The summed E-state index contributed by atoms with van der Waals surface area (Å²) in [7, 11) is 0. The molecule has 1 atom stereocenters. The van der Waals surface area contributed by atoms with Crippen molar-refractivity contribution in [1.29, 1.82) is 0 Å². The van der Waals surface area contributed by atoms with E-state index in [1.807, 2.05) is 9.80 Å². The Labute approximate surface area is 140 Å². The molecule has 1 unspecified atom stereocenters. The van der Waals surface area contributed by atoms with Crippen LogP contribution < -0.4 is 10.6 Å². The molecule has 0 aromatic rings. The Morgan fingerprint density at radius 3 is 2.70 bits per heavy atom. The van der Waals surface area contributed by atoms with Crippen LogP contribution in [0.1, 0.15) is 39.5 Å². The van der Waals surface area contributed by atoms with Gasteiger partial charge >= 0.3 is 6.03 Å².